The fourth-order valence-corrected chi connectivity index (χ4v) is 11.6. The van der Waals surface area contributed by atoms with Crippen LogP contribution in [0.25, 0.3) is 91.1 Å². The number of aromatic nitrogens is 18. The van der Waals surface area contributed by atoms with Gasteiger partial charge in [-0.15, -0.1) is 0 Å². The molecular formula is C74H90N18+4. The Hall–Kier alpha value is -10.1. The maximum Gasteiger partial charge on any atom is 0.348 e. The van der Waals surface area contributed by atoms with E-state index in [2.05, 4.69) is 199 Å². The number of aryl methyl sites for hydroxylation is 8. The molecule has 12 aromatic rings. The number of nitrogens with zero attached hydrogens (tertiary/aromatic N) is 18. The summed E-state index contributed by atoms with van der Waals surface area (Å²) in [6, 6.07) is 24.9. The van der Waals surface area contributed by atoms with Crippen molar-refractivity contribution in [1.82, 2.24) is 68.1 Å². The molecule has 0 saturated heterocycles. The van der Waals surface area contributed by atoms with Gasteiger partial charge in [-0.3, -0.25) is 4.98 Å². The Kier molecular flexibility index (Phi) is 19.6. The van der Waals surface area contributed by atoms with Crippen molar-refractivity contribution in [2.75, 3.05) is 0 Å². The van der Waals surface area contributed by atoms with Crippen LogP contribution in [0.2, 0.25) is 0 Å². The topological polar surface area (TPSA) is 164 Å². The van der Waals surface area contributed by atoms with Crippen LogP contribution < -0.4 is 18.3 Å². The van der Waals surface area contributed by atoms with Crippen LogP contribution in [0, 0.1) is 83.1 Å². The highest BCUT2D eigenvalue weighted by Crippen LogP contribution is 2.35. The first-order valence-corrected chi connectivity index (χ1v) is 31.0. The van der Waals surface area contributed by atoms with E-state index in [0.717, 1.165) is 108 Å². The highest BCUT2D eigenvalue weighted by Gasteiger charge is 2.28. The Balaban J connectivity index is 0.000000145. The normalized spacial score (nSPS) is 11.2. The molecule has 0 radical (unpaired) electrons. The fourth-order valence-electron chi connectivity index (χ4n) is 11.6. The van der Waals surface area contributed by atoms with Gasteiger partial charge in [0.15, 0.2) is 23.9 Å². The molecule has 0 aliphatic heterocycles. The molecule has 0 aliphatic rings. The predicted octanol–water partition coefficient (Wildman–Crippen LogP) is 11.7. The van der Waals surface area contributed by atoms with Crippen molar-refractivity contribution in [3.8, 4) is 91.1 Å². The van der Waals surface area contributed by atoms with Crippen molar-refractivity contribution < 1.29 is 18.3 Å². The molecule has 10 heterocycles. The van der Waals surface area contributed by atoms with E-state index >= 15 is 0 Å². The molecule has 0 amide bonds. The second-order valence-corrected chi connectivity index (χ2v) is 25.0. The molecule has 0 saturated carbocycles. The van der Waals surface area contributed by atoms with Crippen molar-refractivity contribution in [1.29, 1.82) is 0 Å². The molecule has 0 N–H and O–H groups in total. The minimum Gasteiger partial charge on any atom is -0.331 e. The van der Waals surface area contributed by atoms with Gasteiger partial charge in [-0.1, -0.05) is 56.1 Å². The number of pyridine rings is 2. The highest BCUT2D eigenvalue weighted by atomic mass is 15.1. The third kappa shape index (κ3) is 13.2. The minimum atomic E-state index is -0.0215. The van der Waals surface area contributed by atoms with E-state index in [-0.39, 0.29) is 5.41 Å². The highest BCUT2D eigenvalue weighted by molar-refractivity contribution is 5.75. The summed E-state index contributed by atoms with van der Waals surface area (Å²) in [6.07, 6.45) is 17.0. The summed E-state index contributed by atoms with van der Waals surface area (Å²) in [5.41, 5.74) is 25.6. The van der Waals surface area contributed by atoms with Gasteiger partial charge in [0.1, 0.15) is 66.9 Å². The second-order valence-electron chi connectivity index (χ2n) is 25.0. The van der Waals surface area contributed by atoms with Gasteiger partial charge >= 0.3 is 5.82 Å². The first-order chi connectivity index (χ1) is 43.6. The second kappa shape index (κ2) is 27.2. The standard InChI is InChI=1S/C20H27N6.3C18H21N4/c1-12-15(18-21-10-9-11-25(18)7)22-14(3)23-16(12)19-24-17(20(4,5)6)13(2)26(19)8;1-12-15(17-11-19-9-10-21(17)4)7-6-8-16(12)18-20-13(2)14(3)22(18)5;1-12-15(17-9-10-19-11-21(17)4)7-6-8-16(12)18-20-13(2)14(3)22(18)5;1-12-15(18-20-13(2)14(3)22(18)5)9-10-19-17(12)16-8-6-7-11-21(16)4/h9-11H,1-8H3;3*6-11H,1-5H3/q4*+1. The Morgan fingerprint density at radius 2 is 0.870 bits per heavy atom. The molecular weight excluding hydrogens is 1140 g/mol. The summed E-state index contributed by atoms with van der Waals surface area (Å²) in [5.74, 6) is 5.43. The van der Waals surface area contributed by atoms with E-state index in [0.29, 0.717) is 5.82 Å². The first kappa shape index (κ1) is 66.3. The summed E-state index contributed by atoms with van der Waals surface area (Å²) in [6.45, 7) is 31.5. The van der Waals surface area contributed by atoms with Crippen molar-refractivity contribution in [2.45, 2.75) is 109 Å². The summed E-state index contributed by atoms with van der Waals surface area (Å²) >= 11 is 0. The van der Waals surface area contributed by atoms with Crippen LogP contribution in [0.15, 0.2) is 129 Å². The zero-order valence-electron chi connectivity index (χ0n) is 58.2. The van der Waals surface area contributed by atoms with Crippen molar-refractivity contribution in [2.24, 2.45) is 56.4 Å². The Morgan fingerprint density at radius 1 is 0.359 bits per heavy atom. The Bertz CT molecular complexity index is 4360. The van der Waals surface area contributed by atoms with Crippen LogP contribution in [0.1, 0.15) is 94.4 Å². The molecule has 92 heavy (non-hydrogen) atoms. The first-order valence-electron chi connectivity index (χ1n) is 31.0. The van der Waals surface area contributed by atoms with Gasteiger partial charge in [0.25, 0.3) is 6.33 Å². The summed E-state index contributed by atoms with van der Waals surface area (Å²) in [5, 5.41) is 0. The number of benzene rings is 2. The van der Waals surface area contributed by atoms with Gasteiger partial charge in [-0.25, -0.2) is 44.0 Å². The number of hydrogen-bond acceptors (Lipinski definition) is 10. The molecule has 0 aliphatic carbocycles. The van der Waals surface area contributed by atoms with Gasteiger partial charge in [0.2, 0.25) is 11.4 Å². The van der Waals surface area contributed by atoms with E-state index in [4.69, 9.17) is 24.9 Å². The summed E-state index contributed by atoms with van der Waals surface area (Å²) < 4.78 is 16.8. The molecule has 18 heteroatoms. The molecule has 0 bridgehead atoms. The van der Waals surface area contributed by atoms with Crippen molar-refractivity contribution >= 4 is 0 Å². The third-order valence-electron chi connectivity index (χ3n) is 17.9. The number of imidazole rings is 4. The molecule has 2 aromatic carbocycles. The maximum absolute atomic E-state index is 4.96. The van der Waals surface area contributed by atoms with Crippen LogP contribution >= 0.6 is 0 Å². The molecule has 10 aromatic heterocycles. The molecule has 18 nitrogen and oxygen atoms in total. The zero-order chi connectivity index (χ0) is 66.8. The van der Waals surface area contributed by atoms with Crippen molar-refractivity contribution in [3.05, 3.63) is 202 Å². The predicted molar refractivity (Wildman–Crippen MR) is 363 cm³/mol. The fraction of sp³-hybridized carbons (Fsp3) is 0.324. The van der Waals surface area contributed by atoms with Gasteiger partial charge in [0, 0.05) is 115 Å². The lowest BCUT2D eigenvalue weighted by atomic mass is 9.91. The monoisotopic (exact) mass is 1230 g/mol. The van der Waals surface area contributed by atoms with E-state index < -0.39 is 0 Å². The van der Waals surface area contributed by atoms with Crippen LogP contribution in [0.3, 0.4) is 0 Å². The van der Waals surface area contributed by atoms with Crippen LogP contribution in [0.4, 0.5) is 0 Å². The average molecular weight is 1230 g/mol. The average Bonchev–Trinajstić information content (AvgIpc) is 1.57. The number of hydrogen-bond donors (Lipinski definition) is 0. The smallest absolute Gasteiger partial charge is 0.331 e. The van der Waals surface area contributed by atoms with Gasteiger partial charge in [-0.2, -0.15) is 9.13 Å². The molecule has 0 unspecified atom stereocenters. The van der Waals surface area contributed by atoms with E-state index in [1.807, 2.05) is 139 Å². The number of rotatable bonds is 8. The molecule has 0 spiro atoms. The zero-order valence-corrected chi connectivity index (χ0v) is 58.2. The van der Waals surface area contributed by atoms with Crippen LogP contribution in [-0.2, 0) is 61.8 Å². The van der Waals surface area contributed by atoms with Gasteiger partial charge in [0.05, 0.1) is 61.0 Å². The lowest BCUT2D eigenvalue weighted by Gasteiger charge is -2.16. The summed E-state index contributed by atoms with van der Waals surface area (Å²) in [7, 11) is 16.3. The molecule has 12 rings (SSSR count). The third-order valence-corrected chi connectivity index (χ3v) is 17.9. The lowest BCUT2D eigenvalue weighted by Crippen LogP contribution is -2.32. The molecule has 0 fully saturated rings. The SMILES string of the molecule is Cc1nc(-c2cccc(-c3ccnc[n+]3C)c2C)n(C)c1C.Cc1nc(-c2cccc(-c3cncc[n+]3C)c2C)n(C)c1C.Cc1nc(-c2ccnc(-c3cccc[n+]3C)c2C)n(C)c1C.Cc1nc(-c2nc(C(C)(C)C)c(C)n2C)c(C)c(-c2nccc[n+]2C)n1. The summed E-state index contributed by atoms with van der Waals surface area (Å²) in [4.78, 5) is 46.1. The molecule has 472 valence electrons. The minimum absolute atomic E-state index is 0.0215. The van der Waals surface area contributed by atoms with Crippen LogP contribution in [0.5, 0.6) is 0 Å². The van der Waals surface area contributed by atoms with Crippen molar-refractivity contribution in [3.63, 3.8) is 0 Å². The van der Waals surface area contributed by atoms with Crippen LogP contribution in [-0.4, -0.2) is 68.1 Å². The van der Waals surface area contributed by atoms with E-state index in [1.54, 1.807) is 12.4 Å². The van der Waals surface area contributed by atoms with Gasteiger partial charge in [-0.05, 0) is 123 Å². The Morgan fingerprint density at radius 3 is 1.37 bits per heavy atom. The largest absolute Gasteiger partial charge is 0.348 e. The Labute approximate surface area is 542 Å². The van der Waals surface area contributed by atoms with E-state index in [9.17, 15) is 0 Å². The van der Waals surface area contributed by atoms with Gasteiger partial charge < -0.3 is 18.3 Å². The maximum atomic E-state index is 4.96. The van der Waals surface area contributed by atoms with E-state index in [1.165, 1.54) is 50.5 Å². The molecule has 0 atom stereocenters. The quantitative estimate of drug-likeness (QED) is 0.134. The lowest BCUT2D eigenvalue weighted by molar-refractivity contribution is -0.663.